The summed E-state index contributed by atoms with van der Waals surface area (Å²) >= 11 is 3.13. The molecule has 1 amide bonds. The van der Waals surface area contributed by atoms with Crippen LogP contribution in [-0.2, 0) is 11.3 Å². The second-order valence-corrected chi connectivity index (χ2v) is 8.72. The van der Waals surface area contributed by atoms with Gasteiger partial charge >= 0.3 is 5.69 Å². The molecule has 1 saturated heterocycles. The molecule has 1 fully saturated rings. The van der Waals surface area contributed by atoms with Gasteiger partial charge in [0, 0.05) is 42.3 Å². The molecule has 3 rings (SSSR count). The van der Waals surface area contributed by atoms with Gasteiger partial charge in [-0.25, -0.2) is 4.39 Å². The van der Waals surface area contributed by atoms with Crippen LogP contribution >= 0.6 is 15.9 Å². The van der Waals surface area contributed by atoms with Crippen molar-refractivity contribution in [2.45, 2.75) is 32.5 Å². The Hall–Kier alpha value is -2.85. The fourth-order valence-electron chi connectivity index (χ4n) is 3.79. The summed E-state index contributed by atoms with van der Waals surface area (Å²) in [4.78, 5) is 38.8. The second-order valence-electron chi connectivity index (χ2n) is 7.81. The molecule has 0 saturated carbocycles. The van der Waals surface area contributed by atoms with E-state index < -0.39 is 11.5 Å². The van der Waals surface area contributed by atoms with Crippen LogP contribution in [-0.4, -0.2) is 58.7 Å². The first-order valence-electron chi connectivity index (χ1n) is 10.0. The van der Waals surface area contributed by atoms with Crippen molar-refractivity contribution in [2.75, 3.05) is 19.7 Å². The highest BCUT2D eigenvalue weighted by atomic mass is 79.9. The zero-order valence-electron chi connectivity index (χ0n) is 17.7. The van der Waals surface area contributed by atoms with E-state index in [1.54, 1.807) is 17.0 Å². The third kappa shape index (κ3) is 5.49. The van der Waals surface area contributed by atoms with E-state index in [0.29, 0.717) is 30.4 Å². The summed E-state index contributed by atoms with van der Waals surface area (Å²) in [6.45, 7) is 5.20. The monoisotopic (exact) mass is 507 g/mol. The van der Waals surface area contributed by atoms with Gasteiger partial charge in [-0.15, -0.1) is 0 Å². The van der Waals surface area contributed by atoms with Gasteiger partial charge in [0.25, 0.3) is 5.91 Å². The SMILES string of the molecule is C[C@@H]1CN(C(=O)COc2c(C=O)cc(Br)cc2[N+](=O)[O-])[C@@H](C)CN1Cc1ccc(F)cc1. The third-order valence-corrected chi connectivity index (χ3v) is 5.92. The number of hydrogen-bond acceptors (Lipinski definition) is 6. The van der Waals surface area contributed by atoms with E-state index in [-0.39, 0.29) is 40.8 Å². The molecule has 10 heteroatoms. The van der Waals surface area contributed by atoms with Crippen molar-refractivity contribution >= 4 is 33.8 Å². The molecule has 32 heavy (non-hydrogen) atoms. The van der Waals surface area contributed by atoms with Gasteiger partial charge in [-0.2, -0.15) is 0 Å². The Morgan fingerprint density at radius 1 is 1.25 bits per heavy atom. The Labute approximate surface area is 193 Å². The Kier molecular flexibility index (Phi) is 7.57. The number of nitro benzene ring substituents is 1. The molecule has 0 radical (unpaired) electrons. The molecular weight excluding hydrogens is 485 g/mol. The van der Waals surface area contributed by atoms with Gasteiger partial charge in [-0.05, 0) is 37.6 Å². The van der Waals surface area contributed by atoms with Crippen LogP contribution < -0.4 is 4.74 Å². The predicted molar refractivity (Wildman–Crippen MR) is 119 cm³/mol. The molecular formula is C22H23BrFN3O5. The number of benzene rings is 2. The lowest BCUT2D eigenvalue weighted by Gasteiger charge is -2.44. The number of aldehydes is 1. The van der Waals surface area contributed by atoms with Gasteiger partial charge in [0.2, 0.25) is 5.75 Å². The lowest BCUT2D eigenvalue weighted by Crippen LogP contribution is -2.58. The van der Waals surface area contributed by atoms with Gasteiger partial charge in [-0.1, -0.05) is 28.1 Å². The molecule has 170 valence electrons. The van der Waals surface area contributed by atoms with Crippen LogP contribution in [0.4, 0.5) is 10.1 Å². The number of carbonyl (C=O) groups excluding carboxylic acids is 2. The number of amides is 1. The lowest BCUT2D eigenvalue weighted by molar-refractivity contribution is -0.385. The predicted octanol–water partition coefficient (Wildman–Crippen LogP) is 3.81. The molecule has 0 unspecified atom stereocenters. The number of hydrogen-bond donors (Lipinski definition) is 0. The maximum atomic E-state index is 13.1. The first-order valence-corrected chi connectivity index (χ1v) is 10.8. The Morgan fingerprint density at radius 2 is 1.94 bits per heavy atom. The smallest absolute Gasteiger partial charge is 0.312 e. The summed E-state index contributed by atoms with van der Waals surface area (Å²) in [5.41, 5.74) is 0.585. The minimum atomic E-state index is -0.656. The Bertz CT molecular complexity index is 1020. The molecule has 1 heterocycles. The van der Waals surface area contributed by atoms with Gasteiger partial charge in [0.05, 0.1) is 10.5 Å². The molecule has 0 spiro atoms. The molecule has 2 atom stereocenters. The summed E-state index contributed by atoms with van der Waals surface area (Å²) in [5.74, 6) is -0.827. The molecule has 2 aromatic rings. The summed E-state index contributed by atoms with van der Waals surface area (Å²) in [7, 11) is 0. The molecule has 0 aliphatic carbocycles. The van der Waals surface area contributed by atoms with Crippen LogP contribution in [0.1, 0.15) is 29.8 Å². The van der Waals surface area contributed by atoms with Crippen molar-refractivity contribution in [3.8, 4) is 5.75 Å². The standard InChI is InChI=1S/C22H23BrFN3O5/c1-14-10-26(15(2)9-25(14)11-16-3-5-19(24)6-4-16)21(29)13-32-22-17(12-28)7-18(23)8-20(22)27(30)31/h3-8,12,14-15H,9-11,13H2,1-2H3/t14-,15+/m1/s1. The zero-order chi connectivity index (χ0) is 23.4. The summed E-state index contributed by atoms with van der Waals surface area (Å²) < 4.78 is 19.0. The normalized spacial score (nSPS) is 18.9. The minimum Gasteiger partial charge on any atom is -0.476 e. The van der Waals surface area contributed by atoms with Crippen LogP contribution in [0.15, 0.2) is 40.9 Å². The number of halogens is 2. The van der Waals surface area contributed by atoms with Gasteiger partial charge < -0.3 is 9.64 Å². The van der Waals surface area contributed by atoms with Crippen molar-refractivity contribution in [2.24, 2.45) is 0 Å². The lowest BCUT2D eigenvalue weighted by atomic mass is 10.1. The molecule has 0 N–H and O–H groups in total. The van der Waals surface area contributed by atoms with E-state index in [1.807, 2.05) is 13.8 Å². The molecule has 8 nitrogen and oxygen atoms in total. The topological polar surface area (TPSA) is 93.0 Å². The minimum absolute atomic E-state index is 0.00981. The van der Waals surface area contributed by atoms with Crippen molar-refractivity contribution in [1.82, 2.24) is 9.80 Å². The molecule has 1 aliphatic rings. The number of carbonyl (C=O) groups is 2. The average molecular weight is 508 g/mol. The number of ether oxygens (including phenoxy) is 1. The maximum Gasteiger partial charge on any atom is 0.312 e. The largest absolute Gasteiger partial charge is 0.476 e. The van der Waals surface area contributed by atoms with Crippen LogP contribution in [0.5, 0.6) is 5.75 Å². The van der Waals surface area contributed by atoms with Crippen molar-refractivity contribution < 1.29 is 23.6 Å². The van der Waals surface area contributed by atoms with Crippen LogP contribution in [0.25, 0.3) is 0 Å². The fourth-order valence-corrected chi connectivity index (χ4v) is 4.25. The number of nitro groups is 1. The van der Waals surface area contributed by atoms with Crippen LogP contribution in [0.2, 0.25) is 0 Å². The van der Waals surface area contributed by atoms with Gasteiger partial charge in [-0.3, -0.25) is 24.6 Å². The van der Waals surface area contributed by atoms with Crippen LogP contribution in [0, 0.1) is 15.9 Å². The van der Waals surface area contributed by atoms with E-state index in [0.717, 1.165) is 5.56 Å². The molecule has 0 aromatic heterocycles. The highest BCUT2D eigenvalue weighted by molar-refractivity contribution is 9.10. The second kappa shape index (κ2) is 10.2. The van der Waals surface area contributed by atoms with E-state index in [9.17, 15) is 24.1 Å². The summed E-state index contributed by atoms with van der Waals surface area (Å²) in [6.07, 6.45) is 0.455. The van der Waals surface area contributed by atoms with E-state index in [4.69, 9.17) is 4.74 Å². The van der Waals surface area contributed by atoms with Gasteiger partial charge in [0.15, 0.2) is 12.9 Å². The molecule has 1 aliphatic heterocycles. The fraction of sp³-hybridized carbons (Fsp3) is 0.364. The van der Waals surface area contributed by atoms with Gasteiger partial charge in [0.1, 0.15) is 5.82 Å². The quantitative estimate of drug-likeness (QED) is 0.321. The first kappa shape index (κ1) is 23.8. The number of rotatable bonds is 7. The Balaban J connectivity index is 1.66. The zero-order valence-corrected chi connectivity index (χ0v) is 19.2. The third-order valence-electron chi connectivity index (χ3n) is 5.46. The number of piperazine rings is 1. The van der Waals surface area contributed by atoms with Crippen LogP contribution in [0.3, 0.4) is 0 Å². The molecule has 2 aromatic carbocycles. The van der Waals surface area contributed by atoms with Crippen molar-refractivity contribution in [1.29, 1.82) is 0 Å². The molecule has 0 bridgehead atoms. The van der Waals surface area contributed by atoms with Crippen molar-refractivity contribution in [3.63, 3.8) is 0 Å². The van der Waals surface area contributed by atoms with Crippen molar-refractivity contribution in [3.05, 3.63) is 67.9 Å². The summed E-state index contributed by atoms with van der Waals surface area (Å²) in [5, 5.41) is 11.4. The Morgan fingerprint density at radius 3 is 2.56 bits per heavy atom. The van der Waals surface area contributed by atoms with E-state index in [1.165, 1.54) is 24.3 Å². The highest BCUT2D eigenvalue weighted by Gasteiger charge is 2.32. The highest BCUT2D eigenvalue weighted by Crippen LogP contribution is 2.34. The van der Waals surface area contributed by atoms with E-state index >= 15 is 0 Å². The number of nitrogens with zero attached hydrogens (tertiary/aromatic N) is 3. The van der Waals surface area contributed by atoms with E-state index in [2.05, 4.69) is 20.8 Å². The average Bonchev–Trinajstić information content (AvgIpc) is 2.75. The summed E-state index contributed by atoms with van der Waals surface area (Å²) in [6, 6.07) is 8.90. The first-order chi connectivity index (χ1) is 15.2. The maximum absolute atomic E-state index is 13.1.